The molecule has 0 radical (unpaired) electrons. The van der Waals surface area contributed by atoms with Crippen LogP contribution in [0.1, 0.15) is 33.1 Å². The van der Waals surface area contributed by atoms with Crippen LogP contribution in [0.15, 0.2) is 0 Å². The lowest BCUT2D eigenvalue weighted by Crippen LogP contribution is -2.50. The maximum atomic E-state index is 9.20. The van der Waals surface area contributed by atoms with E-state index in [1.807, 2.05) is 6.92 Å². The zero-order valence-corrected chi connectivity index (χ0v) is 9.74. The van der Waals surface area contributed by atoms with Crippen molar-refractivity contribution in [3.05, 3.63) is 0 Å². The van der Waals surface area contributed by atoms with Crippen LogP contribution in [0.25, 0.3) is 0 Å². The topological polar surface area (TPSA) is 52.5 Å². The summed E-state index contributed by atoms with van der Waals surface area (Å²) in [6.07, 6.45) is 3.15. The van der Waals surface area contributed by atoms with Crippen LogP contribution in [0, 0.1) is 0 Å². The van der Waals surface area contributed by atoms with Crippen molar-refractivity contribution in [1.29, 1.82) is 0 Å². The van der Waals surface area contributed by atoms with Crippen LogP contribution in [0.5, 0.6) is 0 Å². The predicted molar refractivity (Wildman–Crippen MR) is 58.7 cm³/mol. The summed E-state index contributed by atoms with van der Waals surface area (Å²) in [5.74, 6) is -0.0333. The van der Waals surface area contributed by atoms with Crippen molar-refractivity contribution in [2.45, 2.75) is 44.4 Å². The fraction of sp³-hybridized carbons (Fsp3) is 1.00. The Bertz CT molecular complexity index is 135. The molecule has 0 aliphatic heterocycles. The molecule has 3 nitrogen and oxygen atoms in total. The standard InChI is InChI=1S/C9H22NO2P/c1-3-4-5-9(2,7-12)10-8(13)6-11/h8,10-12H,3-7,13H2,1-2H3/t8-,9-/m1/s1. The second-order valence-corrected chi connectivity index (χ2v) is 4.56. The van der Waals surface area contributed by atoms with Crippen LogP contribution in [-0.2, 0) is 0 Å². The summed E-state index contributed by atoms with van der Waals surface area (Å²) in [6.45, 7) is 4.29. The molecule has 3 N–H and O–H groups in total. The molecule has 0 fully saturated rings. The molecule has 0 spiro atoms. The maximum Gasteiger partial charge on any atom is 0.0619 e. The van der Waals surface area contributed by atoms with Crippen molar-refractivity contribution in [3.63, 3.8) is 0 Å². The smallest absolute Gasteiger partial charge is 0.0619 e. The Balaban J connectivity index is 3.94. The van der Waals surface area contributed by atoms with E-state index in [0.717, 1.165) is 19.3 Å². The Kier molecular flexibility index (Phi) is 6.88. The Morgan fingerprint density at radius 1 is 1.46 bits per heavy atom. The normalized spacial score (nSPS) is 18.2. The lowest BCUT2D eigenvalue weighted by molar-refractivity contribution is 0.147. The average molecular weight is 207 g/mol. The second-order valence-electron chi connectivity index (χ2n) is 3.76. The Morgan fingerprint density at radius 2 is 2.08 bits per heavy atom. The molecule has 0 amide bonds. The zero-order valence-electron chi connectivity index (χ0n) is 8.58. The lowest BCUT2D eigenvalue weighted by Gasteiger charge is -2.31. The van der Waals surface area contributed by atoms with E-state index in [1.54, 1.807) is 0 Å². The monoisotopic (exact) mass is 207 g/mol. The summed E-state index contributed by atoms with van der Waals surface area (Å²) >= 11 is 0. The zero-order chi connectivity index (χ0) is 10.3. The van der Waals surface area contributed by atoms with Crippen molar-refractivity contribution in [2.75, 3.05) is 13.2 Å². The highest BCUT2D eigenvalue weighted by atomic mass is 31.0. The molecule has 0 aromatic carbocycles. The van der Waals surface area contributed by atoms with Gasteiger partial charge in [0, 0.05) is 11.3 Å². The third-order valence-electron chi connectivity index (χ3n) is 2.16. The van der Waals surface area contributed by atoms with E-state index in [4.69, 9.17) is 5.11 Å². The summed E-state index contributed by atoms with van der Waals surface area (Å²) in [5.41, 5.74) is -0.259. The Labute approximate surface area is 83.1 Å². The fourth-order valence-corrected chi connectivity index (χ4v) is 1.66. The van der Waals surface area contributed by atoms with E-state index in [0.29, 0.717) is 0 Å². The van der Waals surface area contributed by atoms with Crippen LogP contribution >= 0.6 is 9.24 Å². The highest BCUT2D eigenvalue weighted by molar-refractivity contribution is 7.17. The summed E-state index contributed by atoms with van der Waals surface area (Å²) in [7, 11) is 2.52. The summed E-state index contributed by atoms with van der Waals surface area (Å²) in [5, 5.41) is 21.2. The first-order valence-corrected chi connectivity index (χ1v) is 5.49. The minimum Gasteiger partial charge on any atom is -0.394 e. The molecule has 1 unspecified atom stereocenters. The molecule has 0 bridgehead atoms. The van der Waals surface area contributed by atoms with Crippen molar-refractivity contribution in [1.82, 2.24) is 5.32 Å². The van der Waals surface area contributed by atoms with Crippen molar-refractivity contribution in [2.24, 2.45) is 0 Å². The predicted octanol–water partition coefficient (Wildman–Crippen LogP) is 0.711. The largest absolute Gasteiger partial charge is 0.394 e. The average Bonchev–Trinajstić information content (AvgIpc) is 2.14. The minimum absolute atomic E-state index is 0.0333. The van der Waals surface area contributed by atoms with Gasteiger partial charge < -0.3 is 15.5 Å². The van der Waals surface area contributed by atoms with Gasteiger partial charge in [-0.25, -0.2) is 0 Å². The van der Waals surface area contributed by atoms with Crippen molar-refractivity contribution >= 4 is 9.24 Å². The number of rotatable bonds is 7. The maximum absolute atomic E-state index is 9.20. The summed E-state index contributed by atoms with van der Waals surface area (Å²) in [4.78, 5) is 0. The van der Waals surface area contributed by atoms with Gasteiger partial charge in [0.1, 0.15) is 0 Å². The molecule has 0 saturated carbocycles. The van der Waals surface area contributed by atoms with Gasteiger partial charge in [0.2, 0.25) is 0 Å². The molecule has 0 aromatic rings. The molecule has 0 saturated heterocycles. The molecule has 0 rings (SSSR count). The van der Waals surface area contributed by atoms with E-state index in [-0.39, 0.29) is 24.5 Å². The van der Waals surface area contributed by atoms with Crippen molar-refractivity contribution < 1.29 is 10.2 Å². The van der Waals surface area contributed by atoms with E-state index in [1.165, 1.54) is 0 Å². The van der Waals surface area contributed by atoms with Gasteiger partial charge in [0.15, 0.2) is 0 Å². The lowest BCUT2D eigenvalue weighted by atomic mass is 9.96. The first-order valence-electron chi connectivity index (χ1n) is 4.83. The number of aliphatic hydroxyl groups is 2. The first kappa shape index (κ1) is 13.3. The van der Waals surface area contributed by atoms with Gasteiger partial charge in [-0.15, -0.1) is 9.24 Å². The van der Waals surface area contributed by atoms with Gasteiger partial charge in [-0.3, -0.25) is 0 Å². The molecule has 0 heterocycles. The Hall–Kier alpha value is 0.310. The SMILES string of the molecule is CCCC[C@](C)(CO)N[C@H](P)CO. The van der Waals surface area contributed by atoms with Gasteiger partial charge in [-0.05, 0) is 13.3 Å². The Morgan fingerprint density at radius 3 is 2.46 bits per heavy atom. The van der Waals surface area contributed by atoms with Gasteiger partial charge in [-0.2, -0.15) is 0 Å². The summed E-state index contributed by atoms with van der Waals surface area (Å²) < 4.78 is 0. The first-order chi connectivity index (χ1) is 6.08. The molecule has 4 heteroatoms. The van der Waals surface area contributed by atoms with Crippen LogP contribution in [0.2, 0.25) is 0 Å². The number of nitrogens with one attached hydrogen (secondary N) is 1. The molecule has 0 aliphatic carbocycles. The number of unbranched alkanes of at least 4 members (excludes halogenated alkanes) is 1. The van der Waals surface area contributed by atoms with Gasteiger partial charge >= 0.3 is 0 Å². The number of hydrogen-bond donors (Lipinski definition) is 3. The van der Waals surface area contributed by atoms with Crippen LogP contribution in [0.4, 0.5) is 0 Å². The number of hydrogen-bond acceptors (Lipinski definition) is 3. The molecule has 13 heavy (non-hydrogen) atoms. The van der Waals surface area contributed by atoms with E-state index in [9.17, 15) is 5.11 Å². The molecule has 0 aromatic heterocycles. The molecular weight excluding hydrogens is 185 g/mol. The molecule has 3 atom stereocenters. The van der Waals surface area contributed by atoms with E-state index >= 15 is 0 Å². The van der Waals surface area contributed by atoms with Crippen LogP contribution < -0.4 is 5.32 Å². The molecular formula is C9H22NO2P. The van der Waals surface area contributed by atoms with E-state index < -0.39 is 0 Å². The molecule has 80 valence electrons. The fourth-order valence-electron chi connectivity index (χ4n) is 1.26. The van der Waals surface area contributed by atoms with Gasteiger partial charge in [0.05, 0.1) is 13.2 Å². The third kappa shape index (κ3) is 5.58. The minimum atomic E-state index is -0.259. The van der Waals surface area contributed by atoms with Crippen LogP contribution in [-0.4, -0.2) is 34.7 Å². The highest BCUT2D eigenvalue weighted by Gasteiger charge is 2.23. The van der Waals surface area contributed by atoms with Crippen LogP contribution in [0.3, 0.4) is 0 Å². The summed E-state index contributed by atoms with van der Waals surface area (Å²) in [6, 6.07) is 0. The number of aliphatic hydroxyl groups excluding tert-OH is 2. The van der Waals surface area contributed by atoms with Gasteiger partial charge in [-0.1, -0.05) is 19.8 Å². The third-order valence-corrected chi connectivity index (χ3v) is 2.54. The highest BCUT2D eigenvalue weighted by Crippen LogP contribution is 2.15. The van der Waals surface area contributed by atoms with Gasteiger partial charge in [0.25, 0.3) is 0 Å². The molecule has 0 aliphatic rings. The van der Waals surface area contributed by atoms with E-state index in [2.05, 4.69) is 21.5 Å². The van der Waals surface area contributed by atoms with Crippen molar-refractivity contribution in [3.8, 4) is 0 Å². The second kappa shape index (κ2) is 6.72. The quantitative estimate of drug-likeness (QED) is 0.539.